The van der Waals surface area contributed by atoms with E-state index in [1.807, 2.05) is 18.6 Å². The van der Waals surface area contributed by atoms with Crippen molar-refractivity contribution in [3.63, 3.8) is 0 Å². The van der Waals surface area contributed by atoms with E-state index < -0.39 is 0 Å². The van der Waals surface area contributed by atoms with Crippen molar-refractivity contribution >= 4 is 0 Å². The zero-order valence-electron chi connectivity index (χ0n) is 14.2. The Bertz CT molecular complexity index is 673. The van der Waals surface area contributed by atoms with Crippen molar-refractivity contribution in [1.29, 1.82) is 0 Å². The third kappa shape index (κ3) is 3.87. The fourth-order valence-corrected chi connectivity index (χ4v) is 3.46. The molecular weight excluding hydrogens is 284 g/mol. The van der Waals surface area contributed by atoms with Crippen LogP contribution >= 0.6 is 0 Å². The second-order valence-corrected chi connectivity index (χ2v) is 6.87. The summed E-state index contributed by atoms with van der Waals surface area (Å²) in [6.07, 6.45) is 19.1. The highest BCUT2D eigenvalue weighted by atomic mass is 16.3. The van der Waals surface area contributed by atoms with Gasteiger partial charge in [-0.25, -0.2) is 0 Å². The van der Waals surface area contributed by atoms with E-state index in [0.29, 0.717) is 0 Å². The average Bonchev–Trinajstić information content (AvgIpc) is 3.19. The summed E-state index contributed by atoms with van der Waals surface area (Å²) in [6.45, 7) is 4.50. The van der Waals surface area contributed by atoms with Crippen molar-refractivity contribution in [2.75, 3.05) is 0 Å². The summed E-state index contributed by atoms with van der Waals surface area (Å²) in [5.74, 6) is 1.17. The second-order valence-electron chi connectivity index (χ2n) is 6.87. The number of hydrogen-bond donors (Lipinski definition) is 0. The van der Waals surface area contributed by atoms with E-state index in [1.54, 1.807) is 6.26 Å². The van der Waals surface area contributed by atoms with Gasteiger partial charge in [0.2, 0.25) is 0 Å². The molecule has 1 aliphatic rings. The van der Waals surface area contributed by atoms with Crippen LogP contribution in [0.25, 0.3) is 0 Å². The molecule has 0 saturated carbocycles. The maximum absolute atomic E-state index is 5.76. The molecule has 2 aromatic rings. The van der Waals surface area contributed by atoms with Crippen LogP contribution in [0.15, 0.2) is 63.6 Å². The normalized spacial score (nSPS) is 21.7. The summed E-state index contributed by atoms with van der Waals surface area (Å²) >= 11 is 0. The minimum absolute atomic E-state index is 0.0636. The fraction of sp³-hybridized carbons (Fsp3) is 0.429. The van der Waals surface area contributed by atoms with E-state index in [9.17, 15) is 0 Å². The van der Waals surface area contributed by atoms with Gasteiger partial charge < -0.3 is 8.83 Å². The smallest absolute Gasteiger partial charge is 0.116 e. The first-order chi connectivity index (χ1) is 11.2. The lowest BCUT2D eigenvalue weighted by atomic mass is 9.75. The molecule has 0 unspecified atom stereocenters. The molecule has 0 radical (unpaired) electrons. The zero-order chi connectivity index (χ0) is 16.1. The highest BCUT2D eigenvalue weighted by Crippen LogP contribution is 2.39. The first-order valence-electron chi connectivity index (χ1n) is 8.59. The molecule has 1 atom stereocenters. The third-order valence-corrected chi connectivity index (χ3v) is 4.84. The molecule has 122 valence electrons. The predicted octanol–water partition coefficient (Wildman–Crippen LogP) is 5.99. The van der Waals surface area contributed by atoms with Crippen LogP contribution in [0.2, 0.25) is 0 Å². The highest BCUT2D eigenvalue weighted by molar-refractivity contribution is 5.32. The van der Waals surface area contributed by atoms with E-state index in [-0.39, 0.29) is 5.41 Å². The molecule has 1 aliphatic carbocycles. The lowest BCUT2D eigenvalue weighted by molar-refractivity contribution is 0.366. The van der Waals surface area contributed by atoms with Crippen molar-refractivity contribution in [2.24, 2.45) is 0 Å². The molecule has 2 nitrogen and oxygen atoms in total. The van der Waals surface area contributed by atoms with Crippen LogP contribution in [-0.4, -0.2) is 0 Å². The van der Waals surface area contributed by atoms with Crippen molar-refractivity contribution in [3.05, 3.63) is 71.6 Å². The molecule has 23 heavy (non-hydrogen) atoms. The molecule has 0 saturated heterocycles. The summed E-state index contributed by atoms with van der Waals surface area (Å²) in [5, 5.41) is 0. The first-order valence-corrected chi connectivity index (χ1v) is 8.59. The van der Waals surface area contributed by atoms with Crippen LogP contribution in [0.3, 0.4) is 0 Å². The second kappa shape index (κ2) is 7.08. The van der Waals surface area contributed by atoms with Gasteiger partial charge >= 0.3 is 0 Å². The fourth-order valence-electron chi connectivity index (χ4n) is 3.46. The van der Waals surface area contributed by atoms with Crippen molar-refractivity contribution in [2.45, 2.75) is 57.8 Å². The lowest BCUT2D eigenvalue weighted by Crippen LogP contribution is -2.23. The Balaban J connectivity index is 1.54. The van der Waals surface area contributed by atoms with Gasteiger partial charge in [0.1, 0.15) is 5.76 Å². The van der Waals surface area contributed by atoms with Crippen LogP contribution in [0.1, 0.15) is 56.4 Å². The molecular formula is C21H26O2. The molecule has 0 aliphatic heterocycles. The van der Waals surface area contributed by atoms with E-state index in [1.165, 1.54) is 35.3 Å². The molecule has 2 heterocycles. The van der Waals surface area contributed by atoms with Crippen LogP contribution in [0.5, 0.6) is 0 Å². The highest BCUT2D eigenvalue weighted by Gasteiger charge is 2.32. The van der Waals surface area contributed by atoms with Gasteiger partial charge in [0.15, 0.2) is 0 Å². The molecule has 0 amide bonds. The number of fused-ring (bicyclic) bond motifs is 1. The van der Waals surface area contributed by atoms with Gasteiger partial charge in [-0.2, -0.15) is 0 Å². The summed E-state index contributed by atoms with van der Waals surface area (Å²) < 4.78 is 10.9. The van der Waals surface area contributed by atoms with Crippen LogP contribution in [-0.2, 0) is 18.3 Å². The Morgan fingerprint density at radius 2 is 2.22 bits per heavy atom. The van der Waals surface area contributed by atoms with E-state index >= 15 is 0 Å². The minimum atomic E-state index is 0.0636. The Hall–Kier alpha value is -1.96. The van der Waals surface area contributed by atoms with E-state index in [2.05, 4.69) is 38.1 Å². The van der Waals surface area contributed by atoms with E-state index in [4.69, 9.17) is 8.83 Å². The van der Waals surface area contributed by atoms with Gasteiger partial charge in [-0.05, 0) is 75.6 Å². The van der Waals surface area contributed by atoms with Crippen molar-refractivity contribution in [3.8, 4) is 0 Å². The molecule has 0 N–H and O–H groups in total. The number of rotatable bonds is 6. The molecule has 0 aromatic carbocycles. The maximum Gasteiger partial charge on any atom is 0.116 e. The topological polar surface area (TPSA) is 26.3 Å². The maximum atomic E-state index is 5.76. The first kappa shape index (κ1) is 15.9. The summed E-state index contributed by atoms with van der Waals surface area (Å²) in [4.78, 5) is 0. The minimum Gasteiger partial charge on any atom is -0.472 e. The Labute approximate surface area is 138 Å². The monoisotopic (exact) mass is 310 g/mol. The van der Waals surface area contributed by atoms with Crippen molar-refractivity contribution < 1.29 is 8.83 Å². The Morgan fingerprint density at radius 1 is 1.30 bits per heavy atom. The quantitative estimate of drug-likeness (QED) is 0.612. The summed E-state index contributed by atoms with van der Waals surface area (Å²) in [7, 11) is 0. The van der Waals surface area contributed by atoms with Crippen LogP contribution in [0.4, 0.5) is 0 Å². The predicted molar refractivity (Wildman–Crippen MR) is 93.5 cm³/mol. The standard InChI is InChI=1S/C21H26O2/c1-17(6-3-8-18-10-14-22-16-18)7-4-12-21(2)13-5-9-19-11-15-23-20(19)21/h4,6,10-12,14-16H,3,5,7-9,13H2,1-2H3/b12-4+,17-6+/t21-/m1/s1. The van der Waals surface area contributed by atoms with Gasteiger partial charge in [-0.3, -0.25) is 0 Å². The Morgan fingerprint density at radius 3 is 3.04 bits per heavy atom. The van der Waals surface area contributed by atoms with Crippen LogP contribution in [0, 0.1) is 0 Å². The molecule has 0 spiro atoms. The third-order valence-electron chi connectivity index (χ3n) is 4.84. The lowest BCUT2D eigenvalue weighted by Gasteiger charge is -2.29. The zero-order valence-corrected chi connectivity index (χ0v) is 14.2. The van der Waals surface area contributed by atoms with Gasteiger partial charge in [0.05, 0.1) is 18.8 Å². The number of allylic oxidation sites excluding steroid dienone is 4. The van der Waals surface area contributed by atoms with Gasteiger partial charge in [0, 0.05) is 5.41 Å². The SMILES string of the molecule is C/C(=C\CCc1ccoc1)C/C=C/[C@]1(C)CCCc2ccoc21. The van der Waals surface area contributed by atoms with Gasteiger partial charge in [-0.1, -0.05) is 23.8 Å². The number of hydrogen-bond acceptors (Lipinski definition) is 2. The number of furan rings is 2. The van der Waals surface area contributed by atoms with Crippen molar-refractivity contribution in [1.82, 2.24) is 0 Å². The summed E-state index contributed by atoms with van der Waals surface area (Å²) in [5.41, 5.74) is 4.14. The molecule has 2 heteroatoms. The van der Waals surface area contributed by atoms with E-state index in [0.717, 1.165) is 25.7 Å². The molecule has 0 bridgehead atoms. The number of aryl methyl sites for hydroxylation is 2. The average molecular weight is 310 g/mol. The van der Waals surface area contributed by atoms with Gasteiger partial charge in [-0.15, -0.1) is 0 Å². The van der Waals surface area contributed by atoms with Gasteiger partial charge in [0.25, 0.3) is 0 Å². The molecule has 3 rings (SSSR count). The Kier molecular flexibility index (Phi) is 4.90. The largest absolute Gasteiger partial charge is 0.472 e. The molecule has 2 aromatic heterocycles. The molecule has 0 fully saturated rings. The van der Waals surface area contributed by atoms with Crippen LogP contribution < -0.4 is 0 Å². The summed E-state index contributed by atoms with van der Waals surface area (Å²) in [6, 6.07) is 4.16.